The van der Waals surface area contributed by atoms with Gasteiger partial charge in [0, 0.05) is 5.75 Å². The fraction of sp³-hybridized carbons (Fsp3) is 0.0667. The standard InChI is InChI=1S/C15H12S/c16-10-12-5-3-7-15-13-6-2-1-4-11(13)8-9-14(12)15/h1-9,16H,10H2. The van der Waals surface area contributed by atoms with Crippen LogP contribution >= 0.6 is 12.6 Å². The van der Waals surface area contributed by atoms with Crippen LogP contribution in [-0.4, -0.2) is 0 Å². The molecule has 0 aromatic heterocycles. The molecule has 0 nitrogen and oxygen atoms in total. The summed E-state index contributed by atoms with van der Waals surface area (Å²) in [4.78, 5) is 0. The van der Waals surface area contributed by atoms with Crippen molar-refractivity contribution < 1.29 is 0 Å². The maximum atomic E-state index is 4.38. The van der Waals surface area contributed by atoms with Crippen LogP contribution in [0.2, 0.25) is 0 Å². The van der Waals surface area contributed by atoms with E-state index in [1.165, 1.54) is 27.1 Å². The zero-order valence-electron chi connectivity index (χ0n) is 8.85. The molecule has 0 aliphatic carbocycles. The summed E-state index contributed by atoms with van der Waals surface area (Å²) in [6, 6.07) is 19.3. The van der Waals surface area contributed by atoms with Gasteiger partial charge in [-0.1, -0.05) is 54.6 Å². The number of rotatable bonds is 1. The first kappa shape index (κ1) is 9.73. The fourth-order valence-corrected chi connectivity index (χ4v) is 2.52. The molecule has 0 aliphatic rings. The highest BCUT2D eigenvalue weighted by Crippen LogP contribution is 2.28. The van der Waals surface area contributed by atoms with Crippen LogP contribution in [0.1, 0.15) is 5.56 Å². The van der Waals surface area contributed by atoms with Crippen LogP contribution in [0.5, 0.6) is 0 Å². The van der Waals surface area contributed by atoms with Crippen molar-refractivity contribution in [2.75, 3.05) is 0 Å². The normalized spacial score (nSPS) is 11.1. The first-order valence-corrected chi connectivity index (χ1v) is 6.03. The van der Waals surface area contributed by atoms with Crippen molar-refractivity contribution in [3.05, 3.63) is 60.2 Å². The van der Waals surface area contributed by atoms with E-state index >= 15 is 0 Å². The van der Waals surface area contributed by atoms with Crippen LogP contribution in [-0.2, 0) is 5.75 Å². The Balaban J connectivity index is 2.52. The number of benzene rings is 3. The average molecular weight is 224 g/mol. The lowest BCUT2D eigenvalue weighted by Gasteiger charge is -2.07. The number of hydrogen-bond donors (Lipinski definition) is 1. The van der Waals surface area contributed by atoms with E-state index in [0.29, 0.717) is 0 Å². The minimum Gasteiger partial charge on any atom is -0.175 e. The Hall–Kier alpha value is -1.47. The van der Waals surface area contributed by atoms with Gasteiger partial charge in [0.25, 0.3) is 0 Å². The van der Waals surface area contributed by atoms with Gasteiger partial charge in [-0.3, -0.25) is 0 Å². The second kappa shape index (κ2) is 3.84. The van der Waals surface area contributed by atoms with Crippen molar-refractivity contribution in [3.63, 3.8) is 0 Å². The molecule has 0 fully saturated rings. The average Bonchev–Trinajstić information content (AvgIpc) is 2.37. The van der Waals surface area contributed by atoms with Crippen molar-refractivity contribution in [2.45, 2.75) is 5.75 Å². The third kappa shape index (κ3) is 1.40. The summed E-state index contributed by atoms with van der Waals surface area (Å²) in [6.07, 6.45) is 0. The molecule has 0 N–H and O–H groups in total. The summed E-state index contributed by atoms with van der Waals surface area (Å²) in [6.45, 7) is 0. The molecule has 0 unspecified atom stereocenters. The van der Waals surface area contributed by atoms with E-state index in [2.05, 4.69) is 67.2 Å². The Kier molecular flexibility index (Phi) is 2.33. The first-order valence-electron chi connectivity index (χ1n) is 5.40. The van der Waals surface area contributed by atoms with Crippen LogP contribution in [0.4, 0.5) is 0 Å². The van der Waals surface area contributed by atoms with Crippen LogP contribution < -0.4 is 0 Å². The number of hydrogen-bond acceptors (Lipinski definition) is 1. The monoisotopic (exact) mass is 224 g/mol. The molecule has 0 aliphatic heterocycles. The van der Waals surface area contributed by atoms with E-state index in [1.807, 2.05) is 0 Å². The SMILES string of the molecule is SCc1cccc2c1ccc1ccccc12. The third-order valence-corrected chi connectivity index (χ3v) is 3.39. The first-order chi connectivity index (χ1) is 7.90. The summed E-state index contributed by atoms with van der Waals surface area (Å²) in [5.41, 5.74) is 1.30. The van der Waals surface area contributed by atoms with Gasteiger partial charge >= 0.3 is 0 Å². The minimum absolute atomic E-state index is 0.787. The Morgan fingerprint density at radius 2 is 1.50 bits per heavy atom. The molecule has 3 aromatic carbocycles. The van der Waals surface area contributed by atoms with Gasteiger partial charge in [0.05, 0.1) is 0 Å². The Morgan fingerprint density at radius 3 is 2.38 bits per heavy atom. The highest BCUT2D eigenvalue weighted by Gasteiger charge is 2.02. The summed E-state index contributed by atoms with van der Waals surface area (Å²) in [5.74, 6) is 0.787. The van der Waals surface area contributed by atoms with Crippen molar-refractivity contribution in [1.82, 2.24) is 0 Å². The third-order valence-electron chi connectivity index (χ3n) is 3.05. The zero-order chi connectivity index (χ0) is 11.0. The number of thiol groups is 1. The van der Waals surface area contributed by atoms with E-state index in [-0.39, 0.29) is 0 Å². The van der Waals surface area contributed by atoms with Gasteiger partial charge < -0.3 is 0 Å². The second-order valence-electron chi connectivity index (χ2n) is 3.96. The highest BCUT2D eigenvalue weighted by molar-refractivity contribution is 7.79. The lowest BCUT2D eigenvalue weighted by atomic mass is 9.99. The Labute approximate surface area is 100 Å². The van der Waals surface area contributed by atoms with Crippen LogP contribution in [0, 0.1) is 0 Å². The highest BCUT2D eigenvalue weighted by atomic mass is 32.1. The topological polar surface area (TPSA) is 0 Å². The largest absolute Gasteiger partial charge is 0.175 e. The van der Waals surface area contributed by atoms with Crippen molar-refractivity contribution in [3.8, 4) is 0 Å². The van der Waals surface area contributed by atoms with Gasteiger partial charge in [0.2, 0.25) is 0 Å². The van der Waals surface area contributed by atoms with Gasteiger partial charge in [-0.25, -0.2) is 0 Å². The molecule has 16 heavy (non-hydrogen) atoms. The fourth-order valence-electron chi connectivity index (χ4n) is 2.24. The van der Waals surface area contributed by atoms with Crippen LogP contribution in [0.15, 0.2) is 54.6 Å². The molecular formula is C15H12S. The van der Waals surface area contributed by atoms with Gasteiger partial charge in [-0.05, 0) is 27.1 Å². The quantitative estimate of drug-likeness (QED) is 0.459. The molecule has 0 bridgehead atoms. The predicted octanol–water partition coefficient (Wildman–Crippen LogP) is 4.42. The summed E-state index contributed by atoms with van der Waals surface area (Å²) in [5, 5.41) is 5.26. The lowest BCUT2D eigenvalue weighted by Crippen LogP contribution is -1.83. The second-order valence-corrected chi connectivity index (χ2v) is 4.27. The molecule has 3 aromatic rings. The molecule has 0 heterocycles. The number of fused-ring (bicyclic) bond motifs is 3. The molecule has 0 amide bonds. The Bertz CT molecular complexity index is 656. The maximum Gasteiger partial charge on any atom is 0.0160 e. The molecule has 0 atom stereocenters. The molecular weight excluding hydrogens is 212 g/mol. The molecule has 0 radical (unpaired) electrons. The van der Waals surface area contributed by atoms with Crippen molar-refractivity contribution >= 4 is 34.2 Å². The molecule has 0 spiro atoms. The smallest absolute Gasteiger partial charge is 0.0160 e. The lowest BCUT2D eigenvalue weighted by molar-refractivity contribution is 1.48. The maximum absolute atomic E-state index is 4.38. The van der Waals surface area contributed by atoms with E-state index < -0.39 is 0 Å². The van der Waals surface area contributed by atoms with Gasteiger partial charge in [0.15, 0.2) is 0 Å². The van der Waals surface area contributed by atoms with Crippen molar-refractivity contribution in [2.24, 2.45) is 0 Å². The summed E-state index contributed by atoms with van der Waals surface area (Å²) >= 11 is 4.38. The molecule has 0 saturated heterocycles. The van der Waals surface area contributed by atoms with Crippen LogP contribution in [0.3, 0.4) is 0 Å². The van der Waals surface area contributed by atoms with E-state index in [1.54, 1.807) is 0 Å². The zero-order valence-corrected chi connectivity index (χ0v) is 9.74. The predicted molar refractivity (Wildman–Crippen MR) is 74.1 cm³/mol. The van der Waals surface area contributed by atoms with Gasteiger partial charge in [-0.15, -0.1) is 0 Å². The van der Waals surface area contributed by atoms with E-state index in [0.717, 1.165) is 5.75 Å². The molecule has 0 saturated carbocycles. The molecule has 3 rings (SSSR count). The summed E-state index contributed by atoms with van der Waals surface area (Å²) < 4.78 is 0. The minimum atomic E-state index is 0.787. The van der Waals surface area contributed by atoms with Gasteiger partial charge in [-0.2, -0.15) is 12.6 Å². The van der Waals surface area contributed by atoms with E-state index in [4.69, 9.17) is 0 Å². The molecule has 78 valence electrons. The van der Waals surface area contributed by atoms with Crippen molar-refractivity contribution in [1.29, 1.82) is 0 Å². The summed E-state index contributed by atoms with van der Waals surface area (Å²) in [7, 11) is 0. The Morgan fingerprint density at radius 1 is 0.688 bits per heavy atom. The molecule has 1 heteroatoms. The van der Waals surface area contributed by atoms with E-state index in [9.17, 15) is 0 Å². The van der Waals surface area contributed by atoms with Crippen LogP contribution in [0.25, 0.3) is 21.5 Å². The van der Waals surface area contributed by atoms with Gasteiger partial charge in [0.1, 0.15) is 0 Å².